The van der Waals surface area contributed by atoms with Gasteiger partial charge in [0.1, 0.15) is 0 Å². The fourth-order valence-electron chi connectivity index (χ4n) is 9.98. The fourth-order valence-corrected chi connectivity index (χ4v) is 9.98. The number of benzene rings is 3. The van der Waals surface area contributed by atoms with Crippen molar-refractivity contribution >= 4 is 22.8 Å². The molecule has 0 aliphatic carbocycles. The van der Waals surface area contributed by atoms with Crippen LogP contribution in [0.25, 0.3) is 0 Å². The van der Waals surface area contributed by atoms with Crippen molar-refractivity contribution in [2.75, 3.05) is 0 Å². The molecule has 0 fully saturated rings. The zero-order valence-corrected chi connectivity index (χ0v) is 49.7. The summed E-state index contributed by atoms with van der Waals surface area (Å²) in [6, 6.07) is 17.1. The van der Waals surface area contributed by atoms with Crippen molar-refractivity contribution in [3.05, 3.63) is 94.1 Å². The first-order valence-electron chi connectivity index (χ1n) is 30.8. The van der Waals surface area contributed by atoms with Crippen molar-refractivity contribution < 1.29 is 26.7 Å². The third kappa shape index (κ3) is 32.1. The molecular weight excluding hydrogens is 935 g/mol. The van der Waals surface area contributed by atoms with Crippen LogP contribution in [0.1, 0.15) is 294 Å². The first-order chi connectivity index (χ1) is 35.3. The molecule has 3 rings (SSSR count). The Bertz CT molecular complexity index is 1850. The summed E-state index contributed by atoms with van der Waals surface area (Å²) in [5.41, 5.74) is 11.6. The van der Waals surface area contributed by atoms with E-state index in [1.807, 2.05) is 13.8 Å². The van der Waals surface area contributed by atoms with E-state index in [0.29, 0.717) is 0 Å². The molecule has 4 nitrogen and oxygen atoms in total. The second kappa shape index (κ2) is 46.2. The average Bonchev–Trinajstić information content (AvgIpc) is 3.40. The molecule has 0 radical (unpaired) electrons. The normalized spacial score (nSPS) is 11.8. The average molecular weight is 1050 g/mol. The number of hydrogen-bond acceptors (Lipinski definition) is 4. The van der Waals surface area contributed by atoms with Crippen molar-refractivity contribution in [1.29, 1.82) is 0 Å². The number of nitrogens with zero attached hydrogens (tertiary/aromatic N) is 2. The summed E-state index contributed by atoms with van der Waals surface area (Å²) in [5.74, 6) is -0.679. The van der Waals surface area contributed by atoms with Gasteiger partial charge in [0.15, 0.2) is 0 Å². The molecule has 0 unspecified atom stereocenters. The third-order valence-electron chi connectivity index (χ3n) is 14.7. The van der Waals surface area contributed by atoms with Crippen LogP contribution in [0.3, 0.4) is 0 Å². The molecule has 3 aromatic carbocycles. The van der Waals surface area contributed by atoms with Crippen LogP contribution >= 0.6 is 0 Å². The predicted octanol–water partition coefficient (Wildman–Crippen LogP) is 20.8. The van der Waals surface area contributed by atoms with Crippen molar-refractivity contribution in [1.82, 2.24) is 0 Å². The van der Waals surface area contributed by atoms with Gasteiger partial charge in [0, 0.05) is 0 Å². The molecule has 3 aromatic rings. The van der Waals surface area contributed by atoms with E-state index < -0.39 is 0 Å². The summed E-state index contributed by atoms with van der Waals surface area (Å²) in [5, 5.41) is 22.5. The van der Waals surface area contributed by atoms with Gasteiger partial charge in [-0.3, -0.25) is 4.99 Å². The predicted molar refractivity (Wildman–Crippen MR) is 317 cm³/mol. The van der Waals surface area contributed by atoms with Gasteiger partial charge in [-0.2, -0.15) is 0 Å². The molecule has 0 atom stereocenters. The van der Waals surface area contributed by atoms with Gasteiger partial charge in [-0.05, 0) is 122 Å². The summed E-state index contributed by atoms with van der Waals surface area (Å²) >= 11 is 0. The minimum atomic E-state index is -0.374. The Balaban J connectivity index is 0.00000164. The number of allylic oxidation sites excluding steroid dienone is 2. The summed E-state index contributed by atoms with van der Waals surface area (Å²) in [4.78, 5) is 10.9. The van der Waals surface area contributed by atoms with E-state index in [0.717, 1.165) is 91.7 Å². The van der Waals surface area contributed by atoms with Gasteiger partial charge in [-0.15, -0.1) is 11.5 Å². The maximum absolute atomic E-state index is 11.4. The number of aliphatic imine (C=N–C) groups is 2. The summed E-state index contributed by atoms with van der Waals surface area (Å²) < 4.78 is 0. The Hall–Kier alpha value is -3.17. The van der Waals surface area contributed by atoms with Crippen LogP contribution in [-0.2, 0) is 55.0 Å². The summed E-state index contributed by atoms with van der Waals surface area (Å²) in [6.07, 6.45) is 53.8. The van der Waals surface area contributed by atoms with E-state index >= 15 is 0 Å². The Morgan fingerprint density at radius 1 is 0.411 bits per heavy atom. The van der Waals surface area contributed by atoms with Crippen LogP contribution in [0.2, 0.25) is 0 Å². The van der Waals surface area contributed by atoms with Crippen molar-refractivity contribution in [3.8, 4) is 11.5 Å². The maximum Gasteiger partial charge on any atom is 2.00 e. The van der Waals surface area contributed by atoms with Crippen molar-refractivity contribution in [3.63, 3.8) is 0 Å². The number of hydrogen-bond donors (Lipinski definition) is 0. The van der Waals surface area contributed by atoms with Gasteiger partial charge in [-0.25, -0.2) is 4.99 Å². The molecule has 0 saturated carbocycles. The molecule has 0 aliphatic rings. The molecule has 0 heterocycles. The van der Waals surface area contributed by atoms with Crippen LogP contribution in [0, 0.1) is 0 Å². The van der Waals surface area contributed by atoms with E-state index in [4.69, 9.17) is 9.98 Å². The van der Waals surface area contributed by atoms with Gasteiger partial charge >= 0.3 is 16.5 Å². The Morgan fingerprint density at radius 3 is 1.15 bits per heavy atom. The second-order valence-corrected chi connectivity index (χ2v) is 21.1. The van der Waals surface area contributed by atoms with Gasteiger partial charge in [0.2, 0.25) is 0 Å². The molecule has 0 aromatic heterocycles. The van der Waals surface area contributed by atoms with Crippen LogP contribution < -0.4 is 10.2 Å². The maximum atomic E-state index is 11.4. The number of unbranched alkanes of at least 4 members (excludes halogenated alkanes) is 28. The smallest absolute Gasteiger partial charge is 0.873 e. The standard InChI is InChI=1S/C57H96N2.C11H16O2.Ni/c1-7-13-15-17-19-21-23-25-26-27-28-29-31-33-35-37-39-41-43-57(59-55-48-52(11-5)45-53(12-6)49-55)56(58-54-46-50(9-3)44-51(10-4)47-54)42-40-38-36-34-32-30-24-22-20-18-16-14-8-2;1-3-5-9-8(4-2)6-7-10(12)11(9)13;/h40,42,44-49H,7-39,41,43H2,1-6H3;6-7,12-13H,3-5H2,1-2H3;/q;;+2/p-2. The molecule has 73 heavy (non-hydrogen) atoms. The molecule has 0 aliphatic heterocycles. The van der Waals surface area contributed by atoms with E-state index in [9.17, 15) is 10.2 Å². The molecule has 414 valence electrons. The number of aryl methyl sites for hydroxylation is 5. The third-order valence-corrected chi connectivity index (χ3v) is 14.7. The number of rotatable bonds is 42. The molecule has 0 spiro atoms. The Morgan fingerprint density at radius 2 is 0.781 bits per heavy atom. The van der Waals surface area contributed by atoms with Gasteiger partial charge in [0.05, 0.1) is 22.8 Å². The first kappa shape index (κ1) is 67.8. The molecule has 5 heteroatoms. The quantitative estimate of drug-likeness (QED) is 0.0322. The zero-order valence-electron chi connectivity index (χ0n) is 48.7. The second-order valence-electron chi connectivity index (χ2n) is 21.1. The van der Waals surface area contributed by atoms with Gasteiger partial charge in [-0.1, -0.05) is 271 Å². The van der Waals surface area contributed by atoms with E-state index in [1.54, 1.807) is 6.07 Å². The van der Waals surface area contributed by atoms with Crippen molar-refractivity contribution in [2.24, 2.45) is 9.98 Å². The molecule has 0 amide bonds. The SMILES string of the molecule is CCCCCCCCCCCCCC=CC(=Nc1cc(CC)cc(CC)c1)C(CCCCCCCCCCCCCCCCCCCC)=Nc1cc(CC)cc(CC)c1.CCCc1c(CC)ccc([O-])c1[O-].[Ni+2]. The van der Waals surface area contributed by atoms with Crippen LogP contribution in [0.15, 0.2) is 70.7 Å². The Kier molecular flexibility index (Phi) is 42.9. The first-order valence-corrected chi connectivity index (χ1v) is 30.8. The Labute approximate surface area is 462 Å². The van der Waals surface area contributed by atoms with E-state index in [-0.39, 0.29) is 28.0 Å². The minimum Gasteiger partial charge on any atom is -0.873 e. The minimum absolute atomic E-state index is 0. The molecule has 0 N–H and O–H groups in total. The van der Waals surface area contributed by atoms with Gasteiger partial charge in [0.25, 0.3) is 0 Å². The van der Waals surface area contributed by atoms with Crippen LogP contribution in [-0.4, -0.2) is 11.4 Å². The summed E-state index contributed by atoms with van der Waals surface area (Å²) in [6.45, 7) is 17.7. The van der Waals surface area contributed by atoms with Gasteiger partial charge < -0.3 is 10.2 Å². The molecule has 0 bridgehead atoms. The largest absolute Gasteiger partial charge is 2.00 e. The molecule has 0 saturated heterocycles. The zero-order chi connectivity index (χ0) is 52.3. The topological polar surface area (TPSA) is 70.8 Å². The fraction of sp³-hybridized carbons (Fsp3) is 0.676. The van der Waals surface area contributed by atoms with Crippen molar-refractivity contribution in [2.45, 2.75) is 299 Å². The van der Waals surface area contributed by atoms with Crippen LogP contribution in [0.4, 0.5) is 11.4 Å². The van der Waals surface area contributed by atoms with E-state index in [1.165, 1.54) is 215 Å². The summed E-state index contributed by atoms with van der Waals surface area (Å²) in [7, 11) is 0. The molecular formula is C68H110N2NiO2. The van der Waals surface area contributed by atoms with E-state index in [2.05, 4.69) is 90.1 Å². The monoisotopic (exact) mass is 1040 g/mol. The van der Waals surface area contributed by atoms with Crippen LogP contribution in [0.5, 0.6) is 11.5 Å².